The van der Waals surface area contributed by atoms with Gasteiger partial charge in [-0.25, -0.2) is 9.18 Å². The predicted octanol–water partition coefficient (Wildman–Crippen LogP) is 2.86. The van der Waals surface area contributed by atoms with Crippen molar-refractivity contribution in [3.63, 3.8) is 0 Å². The van der Waals surface area contributed by atoms with Crippen LogP contribution in [0.1, 0.15) is 36.9 Å². The van der Waals surface area contributed by atoms with Crippen LogP contribution in [0, 0.1) is 11.7 Å². The number of nitrogens with one attached hydrogen (secondary N) is 3. The Labute approximate surface area is 223 Å². The smallest absolute Gasteiger partial charge is 0.405 e. The van der Waals surface area contributed by atoms with Gasteiger partial charge in [0.25, 0.3) is 5.56 Å². The van der Waals surface area contributed by atoms with E-state index in [0.717, 1.165) is 12.8 Å². The summed E-state index contributed by atoms with van der Waals surface area (Å²) in [5.74, 6) is -0.804. The van der Waals surface area contributed by atoms with Gasteiger partial charge >= 0.3 is 6.09 Å². The summed E-state index contributed by atoms with van der Waals surface area (Å²) in [6.07, 6.45) is 7.43. The van der Waals surface area contributed by atoms with Crippen molar-refractivity contribution in [1.82, 2.24) is 24.8 Å². The van der Waals surface area contributed by atoms with Gasteiger partial charge in [0, 0.05) is 31.5 Å². The second-order valence-electron chi connectivity index (χ2n) is 9.85. The topological polar surface area (TPSA) is 149 Å². The van der Waals surface area contributed by atoms with Crippen molar-refractivity contribution >= 4 is 34.6 Å². The standard InChI is InChI=1S/C27H31FN6O5/c1-33(2)23(35)8-4-3-6-20(32-27(38)39)25(36)31-21-7-5-11-34(26(21)37)15-17-13-22-24(30-17)18(12-16-9-10-16)19(28)14-29-22/h4-5,7-8,11,13-14,16,20,30,32H,3,6,9-10,12,15H2,1-2H3,(H,31,36)(H,38,39). The van der Waals surface area contributed by atoms with Crippen molar-refractivity contribution in [3.8, 4) is 0 Å². The molecule has 1 unspecified atom stereocenters. The Morgan fingerprint density at radius 1 is 1.33 bits per heavy atom. The van der Waals surface area contributed by atoms with Gasteiger partial charge in [-0.3, -0.25) is 19.4 Å². The molecule has 1 aliphatic rings. The van der Waals surface area contributed by atoms with Gasteiger partial charge < -0.3 is 30.2 Å². The zero-order valence-electron chi connectivity index (χ0n) is 21.7. The monoisotopic (exact) mass is 538 g/mol. The number of hydrogen-bond acceptors (Lipinski definition) is 5. The van der Waals surface area contributed by atoms with Crippen LogP contribution in [0.3, 0.4) is 0 Å². The zero-order chi connectivity index (χ0) is 28.1. The average molecular weight is 539 g/mol. The number of pyridine rings is 2. The molecule has 1 fully saturated rings. The number of amides is 3. The van der Waals surface area contributed by atoms with Gasteiger partial charge in [0.15, 0.2) is 0 Å². The number of aromatic nitrogens is 3. The van der Waals surface area contributed by atoms with Crippen LogP contribution in [-0.2, 0) is 22.6 Å². The number of nitrogens with zero attached hydrogens (tertiary/aromatic N) is 3. The van der Waals surface area contributed by atoms with E-state index in [2.05, 4.69) is 20.6 Å². The molecule has 4 rings (SSSR count). The minimum absolute atomic E-state index is 0.0206. The summed E-state index contributed by atoms with van der Waals surface area (Å²) in [5.41, 5.74) is 1.97. The van der Waals surface area contributed by atoms with Crippen molar-refractivity contribution in [2.24, 2.45) is 5.92 Å². The van der Waals surface area contributed by atoms with E-state index in [0.29, 0.717) is 34.6 Å². The van der Waals surface area contributed by atoms with Crippen LogP contribution < -0.4 is 16.2 Å². The molecule has 0 radical (unpaired) electrons. The van der Waals surface area contributed by atoms with E-state index < -0.39 is 23.6 Å². The van der Waals surface area contributed by atoms with E-state index in [4.69, 9.17) is 5.11 Å². The average Bonchev–Trinajstić information content (AvgIpc) is 3.61. The van der Waals surface area contributed by atoms with Crippen molar-refractivity contribution in [2.45, 2.75) is 44.7 Å². The van der Waals surface area contributed by atoms with Gasteiger partial charge in [-0.15, -0.1) is 0 Å². The highest BCUT2D eigenvalue weighted by Gasteiger charge is 2.25. The maximum absolute atomic E-state index is 14.5. The number of H-pyrrole nitrogens is 1. The van der Waals surface area contributed by atoms with E-state index in [1.54, 1.807) is 38.5 Å². The molecule has 3 amide bonds. The molecule has 0 aliphatic heterocycles. The molecule has 206 valence electrons. The summed E-state index contributed by atoms with van der Waals surface area (Å²) in [6, 6.07) is 3.64. The molecule has 39 heavy (non-hydrogen) atoms. The highest BCUT2D eigenvalue weighted by molar-refractivity contribution is 5.96. The van der Waals surface area contributed by atoms with Gasteiger partial charge in [-0.05, 0) is 62.3 Å². The first-order valence-electron chi connectivity index (χ1n) is 12.6. The van der Waals surface area contributed by atoms with E-state index in [9.17, 15) is 23.6 Å². The number of carbonyl (C=O) groups is 3. The molecule has 1 saturated carbocycles. The van der Waals surface area contributed by atoms with Crippen molar-refractivity contribution in [3.05, 3.63) is 70.2 Å². The minimum atomic E-state index is -1.39. The third kappa shape index (κ3) is 7.09. The SMILES string of the molecule is CN(C)C(=O)C=CCCC(NC(=O)O)C(=O)Nc1cccn(Cc2cc3ncc(F)c(CC4CC4)c3[nH]2)c1=O. The number of allylic oxidation sites excluding steroid dienone is 1. The zero-order valence-corrected chi connectivity index (χ0v) is 21.7. The maximum Gasteiger partial charge on any atom is 0.405 e. The fourth-order valence-corrected chi connectivity index (χ4v) is 4.22. The summed E-state index contributed by atoms with van der Waals surface area (Å²) in [5, 5.41) is 13.8. The summed E-state index contributed by atoms with van der Waals surface area (Å²) >= 11 is 0. The summed E-state index contributed by atoms with van der Waals surface area (Å²) in [7, 11) is 3.20. The normalized spacial score (nSPS) is 13.9. The summed E-state index contributed by atoms with van der Waals surface area (Å²) < 4.78 is 15.8. The van der Waals surface area contributed by atoms with Crippen LogP contribution in [0.2, 0.25) is 0 Å². The highest BCUT2D eigenvalue weighted by Crippen LogP contribution is 2.35. The first kappa shape index (κ1) is 27.6. The number of aromatic amines is 1. The van der Waals surface area contributed by atoms with Crippen LogP contribution >= 0.6 is 0 Å². The number of halogens is 1. The molecule has 12 heteroatoms. The van der Waals surface area contributed by atoms with Crippen LogP contribution in [0.5, 0.6) is 0 Å². The Morgan fingerprint density at radius 2 is 2.10 bits per heavy atom. The van der Waals surface area contributed by atoms with E-state index >= 15 is 0 Å². The Bertz CT molecular complexity index is 1470. The van der Waals surface area contributed by atoms with Crippen molar-refractivity contribution in [2.75, 3.05) is 19.4 Å². The summed E-state index contributed by atoms with van der Waals surface area (Å²) in [4.78, 5) is 57.6. The molecule has 3 heterocycles. The number of hydrogen-bond donors (Lipinski definition) is 4. The van der Waals surface area contributed by atoms with Crippen LogP contribution in [0.4, 0.5) is 14.9 Å². The summed E-state index contributed by atoms with van der Waals surface area (Å²) in [6.45, 7) is 0.130. The van der Waals surface area contributed by atoms with Gasteiger partial charge in [-0.1, -0.05) is 6.08 Å². The van der Waals surface area contributed by atoms with Crippen LogP contribution in [-0.4, -0.2) is 62.6 Å². The largest absolute Gasteiger partial charge is 0.465 e. The molecule has 0 spiro atoms. The molecule has 3 aromatic heterocycles. The molecular formula is C27H31FN6O5. The lowest BCUT2D eigenvalue weighted by Crippen LogP contribution is -2.44. The number of carbonyl (C=O) groups excluding carboxylic acids is 2. The molecule has 3 aromatic rings. The molecule has 0 bridgehead atoms. The first-order chi connectivity index (χ1) is 18.6. The van der Waals surface area contributed by atoms with Crippen LogP contribution in [0.15, 0.2) is 47.5 Å². The predicted molar refractivity (Wildman–Crippen MR) is 143 cm³/mol. The second-order valence-corrected chi connectivity index (χ2v) is 9.85. The van der Waals surface area contributed by atoms with Crippen molar-refractivity contribution < 1.29 is 23.9 Å². The first-order valence-corrected chi connectivity index (χ1v) is 12.6. The number of rotatable bonds is 11. The third-order valence-electron chi connectivity index (χ3n) is 6.51. The maximum atomic E-state index is 14.5. The fraction of sp³-hybridized carbons (Fsp3) is 0.370. The molecule has 11 nitrogen and oxygen atoms in total. The molecule has 0 aromatic carbocycles. The highest BCUT2D eigenvalue weighted by atomic mass is 19.1. The Balaban J connectivity index is 1.47. The lowest BCUT2D eigenvalue weighted by atomic mass is 10.1. The molecular weight excluding hydrogens is 507 g/mol. The van der Waals surface area contributed by atoms with Gasteiger partial charge in [0.2, 0.25) is 11.8 Å². The quantitative estimate of drug-likeness (QED) is 0.276. The minimum Gasteiger partial charge on any atom is -0.465 e. The fourth-order valence-electron chi connectivity index (χ4n) is 4.22. The molecule has 4 N–H and O–H groups in total. The van der Waals surface area contributed by atoms with Crippen LogP contribution in [0.25, 0.3) is 11.0 Å². The molecule has 1 atom stereocenters. The van der Waals surface area contributed by atoms with E-state index in [-0.39, 0.29) is 36.8 Å². The number of fused-ring (bicyclic) bond motifs is 1. The number of likely N-dealkylation sites (N-methyl/N-ethyl adjacent to an activating group) is 1. The number of anilines is 1. The van der Waals surface area contributed by atoms with Gasteiger partial charge in [0.1, 0.15) is 17.5 Å². The Kier molecular flexibility index (Phi) is 8.43. The van der Waals surface area contributed by atoms with Gasteiger partial charge in [0.05, 0.1) is 23.8 Å². The lowest BCUT2D eigenvalue weighted by molar-refractivity contribution is -0.123. The lowest BCUT2D eigenvalue weighted by Gasteiger charge is -2.16. The number of carboxylic acid groups (broad SMARTS) is 1. The Morgan fingerprint density at radius 3 is 2.79 bits per heavy atom. The van der Waals surface area contributed by atoms with E-state index in [1.165, 1.54) is 27.8 Å². The Hall–Kier alpha value is -4.48. The van der Waals surface area contributed by atoms with Gasteiger partial charge in [-0.2, -0.15) is 0 Å². The molecule has 0 saturated heterocycles. The van der Waals surface area contributed by atoms with Crippen molar-refractivity contribution in [1.29, 1.82) is 0 Å². The van der Waals surface area contributed by atoms with E-state index in [1.807, 2.05) is 0 Å². The molecule has 1 aliphatic carbocycles. The second kappa shape index (κ2) is 11.9. The third-order valence-corrected chi connectivity index (χ3v) is 6.51.